The quantitative estimate of drug-likeness (QED) is 0.768. The van der Waals surface area contributed by atoms with Crippen LogP contribution in [-0.2, 0) is 24.3 Å². The van der Waals surface area contributed by atoms with E-state index in [1.54, 1.807) is 6.20 Å². The zero-order chi connectivity index (χ0) is 16.4. The molecular weight excluding hydrogens is 324 g/mol. The van der Waals surface area contributed by atoms with Gasteiger partial charge in [-0.15, -0.1) is 0 Å². The summed E-state index contributed by atoms with van der Waals surface area (Å²) in [4.78, 5) is 21.9. The number of fused-ring (bicyclic) bond motifs is 2. The normalized spacial score (nSPS) is 13.5. The molecule has 0 unspecified atom stereocenters. The van der Waals surface area contributed by atoms with Crippen LogP contribution in [0.25, 0.3) is 10.9 Å². The summed E-state index contributed by atoms with van der Waals surface area (Å²) in [6.45, 7) is 1.73. The Balaban J connectivity index is 1.38. The molecule has 4 rings (SSSR count). The van der Waals surface area contributed by atoms with Gasteiger partial charge in [0.05, 0.1) is 29.3 Å². The largest absolute Gasteiger partial charge is 0.375 e. The molecule has 0 saturated heterocycles. The number of thiazole rings is 1. The van der Waals surface area contributed by atoms with E-state index in [0.717, 1.165) is 33.5 Å². The van der Waals surface area contributed by atoms with Gasteiger partial charge in [0.2, 0.25) is 0 Å². The first-order valence-corrected chi connectivity index (χ1v) is 8.54. The lowest BCUT2D eigenvalue weighted by Crippen LogP contribution is -2.28. The maximum Gasteiger partial charge on any atom is 0.321 e. The van der Waals surface area contributed by atoms with Crippen molar-refractivity contribution in [3.63, 3.8) is 0 Å². The smallest absolute Gasteiger partial charge is 0.321 e. The number of ether oxygens (including phenoxy) is 1. The summed E-state index contributed by atoms with van der Waals surface area (Å²) >= 11 is 1.47. The number of hydrogen-bond acceptors (Lipinski definition) is 5. The van der Waals surface area contributed by atoms with Crippen LogP contribution in [0.1, 0.15) is 16.1 Å². The van der Waals surface area contributed by atoms with Crippen LogP contribution in [0.5, 0.6) is 0 Å². The van der Waals surface area contributed by atoms with Gasteiger partial charge in [-0.25, -0.2) is 9.78 Å². The monoisotopic (exact) mass is 340 g/mol. The van der Waals surface area contributed by atoms with Crippen molar-refractivity contribution < 1.29 is 9.53 Å². The van der Waals surface area contributed by atoms with E-state index in [1.807, 2.05) is 30.3 Å². The minimum absolute atomic E-state index is 0.256. The molecule has 0 bridgehead atoms. The standard InChI is InChI=1S/C17H16N4O2S/c22-16(21-17-20-14-5-7-23-10-15(14)24-17)19-9-11-3-4-13-12(8-11)2-1-6-18-13/h1-4,6,8H,5,7,9-10H2,(H2,19,20,21,22). The predicted octanol–water partition coefficient (Wildman–Crippen LogP) is 3.09. The summed E-state index contributed by atoms with van der Waals surface area (Å²) in [5.74, 6) is 0. The highest BCUT2D eigenvalue weighted by molar-refractivity contribution is 7.15. The minimum Gasteiger partial charge on any atom is -0.375 e. The summed E-state index contributed by atoms with van der Waals surface area (Å²) in [7, 11) is 0. The average Bonchev–Trinajstić information content (AvgIpc) is 3.02. The topological polar surface area (TPSA) is 76.1 Å². The van der Waals surface area contributed by atoms with E-state index in [0.29, 0.717) is 24.9 Å². The molecule has 0 fully saturated rings. The van der Waals surface area contributed by atoms with Crippen molar-refractivity contribution in [2.75, 3.05) is 11.9 Å². The number of nitrogens with zero attached hydrogens (tertiary/aromatic N) is 2. The minimum atomic E-state index is -0.256. The molecule has 24 heavy (non-hydrogen) atoms. The second-order valence-corrected chi connectivity index (χ2v) is 6.61. The van der Waals surface area contributed by atoms with Crippen LogP contribution in [0, 0.1) is 0 Å². The van der Waals surface area contributed by atoms with Gasteiger partial charge in [-0.2, -0.15) is 0 Å². The maximum atomic E-state index is 12.1. The molecule has 0 aliphatic carbocycles. The fourth-order valence-electron chi connectivity index (χ4n) is 2.64. The third kappa shape index (κ3) is 3.22. The Kier molecular flexibility index (Phi) is 4.10. The number of pyridine rings is 1. The SMILES string of the molecule is O=C(NCc1ccc2ncccc2c1)Nc1nc2c(s1)COCC2. The zero-order valence-corrected chi connectivity index (χ0v) is 13.7. The van der Waals surface area contributed by atoms with Crippen molar-refractivity contribution in [3.8, 4) is 0 Å². The van der Waals surface area contributed by atoms with Crippen molar-refractivity contribution in [1.29, 1.82) is 0 Å². The molecule has 0 radical (unpaired) electrons. The van der Waals surface area contributed by atoms with Gasteiger partial charge in [-0.05, 0) is 23.8 Å². The summed E-state index contributed by atoms with van der Waals surface area (Å²) in [6, 6.07) is 9.61. The number of benzene rings is 1. The molecule has 2 aromatic heterocycles. The van der Waals surface area contributed by atoms with Crippen LogP contribution in [0.2, 0.25) is 0 Å². The van der Waals surface area contributed by atoms with Crippen molar-refractivity contribution in [3.05, 3.63) is 52.7 Å². The molecule has 7 heteroatoms. The van der Waals surface area contributed by atoms with Crippen LogP contribution >= 0.6 is 11.3 Å². The fraction of sp³-hybridized carbons (Fsp3) is 0.235. The Morgan fingerprint density at radius 3 is 3.21 bits per heavy atom. The number of carbonyl (C=O) groups is 1. The van der Waals surface area contributed by atoms with Gasteiger partial charge in [0.25, 0.3) is 0 Å². The molecule has 2 N–H and O–H groups in total. The molecule has 3 aromatic rings. The number of amides is 2. The molecule has 0 spiro atoms. The lowest BCUT2D eigenvalue weighted by atomic mass is 10.1. The lowest BCUT2D eigenvalue weighted by Gasteiger charge is -2.08. The third-order valence-corrected chi connectivity index (χ3v) is 4.82. The van der Waals surface area contributed by atoms with Gasteiger partial charge in [-0.1, -0.05) is 23.5 Å². The number of hydrogen-bond donors (Lipinski definition) is 2. The third-order valence-electron chi connectivity index (χ3n) is 3.84. The molecule has 2 amide bonds. The highest BCUT2D eigenvalue weighted by Gasteiger charge is 2.16. The predicted molar refractivity (Wildman–Crippen MR) is 93.1 cm³/mol. The van der Waals surface area contributed by atoms with Crippen molar-refractivity contribution >= 4 is 33.4 Å². The van der Waals surface area contributed by atoms with Crippen LogP contribution < -0.4 is 10.6 Å². The van der Waals surface area contributed by atoms with Gasteiger partial charge in [0.1, 0.15) is 0 Å². The molecule has 0 saturated carbocycles. The Bertz CT molecular complexity index is 870. The summed E-state index contributed by atoms with van der Waals surface area (Å²) in [5.41, 5.74) is 3.00. The van der Waals surface area contributed by atoms with Crippen molar-refractivity contribution in [1.82, 2.24) is 15.3 Å². The Labute approximate surface area is 142 Å². The van der Waals surface area contributed by atoms with Crippen LogP contribution in [0.15, 0.2) is 36.5 Å². The maximum absolute atomic E-state index is 12.1. The lowest BCUT2D eigenvalue weighted by molar-refractivity contribution is 0.112. The van der Waals surface area contributed by atoms with E-state index in [1.165, 1.54) is 11.3 Å². The van der Waals surface area contributed by atoms with Gasteiger partial charge in [0.15, 0.2) is 5.13 Å². The first-order chi connectivity index (χ1) is 11.8. The molecule has 122 valence electrons. The number of anilines is 1. The molecule has 0 atom stereocenters. The highest BCUT2D eigenvalue weighted by atomic mass is 32.1. The first kappa shape index (κ1) is 15.0. The van der Waals surface area contributed by atoms with E-state index < -0.39 is 0 Å². The number of urea groups is 1. The van der Waals surface area contributed by atoms with Gasteiger partial charge >= 0.3 is 6.03 Å². The average molecular weight is 340 g/mol. The van der Waals surface area contributed by atoms with E-state index in [-0.39, 0.29) is 6.03 Å². The molecular formula is C17H16N4O2S. The van der Waals surface area contributed by atoms with Gasteiger partial charge in [-0.3, -0.25) is 10.3 Å². The second kappa shape index (κ2) is 6.54. The summed E-state index contributed by atoms with van der Waals surface area (Å²) < 4.78 is 5.39. The number of rotatable bonds is 3. The van der Waals surface area contributed by atoms with E-state index in [9.17, 15) is 4.79 Å². The Morgan fingerprint density at radius 2 is 2.29 bits per heavy atom. The molecule has 1 aromatic carbocycles. The number of nitrogens with one attached hydrogen (secondary N) is 2. The Hall–Kier alpha value is -2.51. The van der Waals surface area contributed by atoms with Crippen LogP contribution in [-0.4, -0.2) is 22.6 Å². The summed E-state index contributed by atoms with van der Waals surface area (Å²) in [5, 5.41) is 7.33. The number of aromatic nitrogens is 2. The van der Waals surface area contributed by atoms with Crippen LogP contribution in [0.3, 0.4) is 0 Å². The fourth-order valence-corrected chi connectivity index (χ4v) is 3.58. The van der Waals surface area contributed by atoms with Crippen molar-refractivity contribution in [2.24, 2.45) is 0 Å². The second-order valence-electron chi connectivity index (χ2n) is 5.53. The molecule has 6 nitrogen and oxygen atoms in total. The van der Waals surface area contributed by atoms with E-state index in [4.69, 9.17) is 4.74 Å². The van der Waals surface area contributed by atoms with E-state index in [2.05, 4.69) is 20.6 Å². The number of carbonyl (C=O) groups excluding carboxylic acids is 1. The molecule has 1 aliphatic heterocycles. The van der Waals surface area contributed by atoms with E-state index >= 15 is 0 Å². The Morgan fingerprint density at radius 1 is 1.33 bits per heavy atom. The van der Waals surface area contributed by atoms with Crippen molar-refractivity contribution in [2.45, 2.75) is 19.6 Å². The first-order valence-electron chi connectivity index (χ1n) is 7.73. The van der Waals surface area contributed by atoms with Gasteiger partial charge in [0, 0.05) is 24.5 Å². The highest BCUT2D eigenvalue weighted by Crippen LogP contribution is 2.26. The summed E-state index contributed by atoms with van der Waals surface area (Å²) in [6.07, 6.45) is 2.58. The van der Waals surface area contributed by atoms with Crippen LogP contribution in [0.4, 0.5) is 9.93 Å². The van der Waals surface area contributed by atoms with Gasteiger partial charge < -0.3 is 10.1 Å². The molecule has 3 heterocycles. The zero-order valence-electron chi connectivity index (χ0n) is 12.9. The molecule has 1 aliphatic rings.